The third-order valence-corrected chi connectivity index (χ3v) is 23.5. The molecule has 0 radical (unpaired) electrons. The quantitative estimate of drug-likeness (QED) is 0.00750. The third kappa shape index (κ3) is 18.8. The van der Waals surface area contributed by atoms with Crippen LogP contribution in [-0.2, 0) is 50.0 Å². The number of nitriles is 1. The van der Waals surface area contributed by atoms with Crippen molar-refractivity contribution >= 4 is 131 Å². The number of ether oxygens (including phenoxy) is 4. The maximum Gasteiger partial charge on any atom is 0.411 e. The molecule has 0 bridgehead atoms. The average molecular weight is 1740 g/mol. The number of aliphatic imine (C=N–C) groups is 1. The van der Waals surface area contributed by atoms with E-state index in [4.69, 9.17) is 29.9 Å². The Morgan fingerprint density at radius 3 is 0.916 bits per heavy atom. The number of nitrogens with two attached hydrogens (primary N) is 1. The summed E-state index contributed by atoms with van der Waals surface area (Å²) >= 11 is 0. The van der Waals surface area contributed by atoms with Crippen molar-refractivity contribution in [1.29, 1.82) is 5.26 Å². The molecule has 10 amide bonds. The lowest BCUT2D eigenvalue weighted by molar-refractivity contribution is 0.0955. The minimum atomic E-state index is -0.765. The second kappa shape index (κ2) is 39.8. The average Bonchev–Trinajstić information content (AvgIpc) is 1.75. The molecule has 0 fully saturated rings. The molecule has 0 unspecified atom stereocenters. The van der Waals surface area contributed by atoms with Gasteiger partial charge in [0, 0.05) is 74.2 Å². The van der Waals surface area contributed by atoms with Crippen LogP contribution in [0.15, 0.2) is 302 Å². The second-order valence-corrected chi connectivity index (χ2v) is 30.9. The van der Waals surface area contributed by atoms with Crippen LogP contribution in [-0.4, -0.2) is 95.1 Å². The minimum Gasteiger partial charge on any atom is -0.448 e. The summed E-state index contributed by atoms with van der Waals surface area (Å²) in [6, 6.07) is 92.1. The van der Waals surface area contributed by atoms with Crippen LogP contribution >= 0.6 is 0 Å². The Bertz CT molecular complexity index is 6620. The van der Waals surface area contributed by atoms with Gasteiger partial charge in [-0.3, -0.25) is 30.3 Å². The van der Waals surface area contributed by atoms with E-state index in [1.807, 2.05) is 194 Å². The lowest BCUT2D eigenvalue weighted by atomic mass is 9.91. The minimum absolute atomic E-state index is 0.0253. The van der Waals surface area contributed by atoms with E-state index in [0.29, 0.717) is 16.9 Å². The Balaban J connectivity index is 0.000000197. The summed E-state index contributed by atoms with van der Waals surface area (Å²) < 4.78 is 22.1. The summed E-state index contributed by atoms with van der Waals surface area (Å²) in [6.45, 7) is 0.984. The van der Waals surface area contributed by atoms with Gasteiger partial charge >= 0.3 is 30.3 Å². The second-order valence-electron chi connectivity index (χ2n) is 30.9. The zero-order chi connectivity index (χ0) is 91.0. The number of isocyanates is 1. The van der Waals surface area contributed by atoms with Crippen LogP contribution in [0.5, 0.6) is 0 Å². The highest BCUT2D eigenvalue weighted by molar-refractivity contribution is 6.09. The van der Waals surface area contributed by atoms with Gasteiger partial charge in [-0.1, -0.05) is 243 Å². The molecule has 131 heavy (non-hydrogen) atoms. The van der Waals surface area contributed by atoms with Crippen molar-refractivity contribution in [3.63, 3.8) is 0 Å². The normalized spacial score (nSPS) is 11.7. The first-order valence-corrected chi connectivity index (χ1v) is 42.2. The number of hydrogen-bond donors (Lipinski definition) is 11. The summed E-state index contributed by atoms with van der Waals surface area (Å²) in [5.41, 5.74) is 25.0. The van der Waals surface area contributed by atoms with Crippen LogP contribution in [0.2, 0.25) is 0 Å². The first-order chi connectivity index (χ1) is 64.0. The number of nitrogens with one attached hydrogen (secondary N) is 10. The van der Waals surface area contributed by atoms with E-state index in [0.717, 1.165) is 121 Å². The van der Waals surface area contributed by atoms with E-state index >= 15 is 0 Å². The summed E-state index contributed by atoms with van der Waals surface area (Å²) in [7, 11) is 4.54. The topological polar surface area (TPSA) is 373 Å². The molecule has 0 saturated carbocycles. The molecule has 12 N–H and O–H groups in total. The molecule has 3 aliphatic carbocycles. The number of carbonyl (C=O) groups excluding carboxylic acids is 9. The van der Waals surface area contributed by atoms with E-state index in [-0.39, 0.29) is 104 Å². The van der Waals surface area contributed by atoms with Crippen molar-refractivity contribution < 1.29 is 62.1 Å². The van der Waals surface area contributed by atoms with Crippen molar-refractivity contribution in [1.82, 2.24) is 26.6 Å². The lowest BCUT2D eigenvalue weighted by Crippen LogP contribution is -2.30. The molecule has 0 aliphatic heterocycles. The van der Waals surface area contributed by atoms with E-state index in [2.05, 4.69) is 107 Å². The zero-order valence-corrected chi connectivity index (χ0v) is 71.3. The molecule has 26 nitrogen and oxygen atoms in total. The Hall–Kier alpha value is -17.4. The predicted molar refractivity (Wildman–Crippen MR) is 507 cm³/mol. The summed E-state index contributed by atoms with van der Waals surface area (Å²) in [6.07, 6.45) is 1.18. The van der Waals surface area contributed by atoms with Gasteiger partial charge in [0.2, 0.25) is 6.08 Å². The Kier molecular flexibility index (Phi) is 26.5. The Morgan fingerprint density at radius 1 is 0.336 bits per heavy atom. The summed E-state index contributed by atoms with van der Waals surface area (Å²) in [5, 5.41) is 43.6. The molecule has 26 heteroatoms. The van der Waals surface area contributed by atoms with Crippen LogP contribution in [0, 0.1) is 11.5 Å². The number of nitrogen functional groups attached to an aromatic ring is 1. The highest BCUT2D eigenvalue weighted by Gasteiger charge is 2.33. The highest BCUT2D eigenvalue weighted by atomic mass is 16.6. The zero-order valence-electron chi connectivity index (χ0n) is 71.3. The number of urea groups is 2. The van der Waals surface area contributed by atoms with E-state index < -0.39 is 42.2 Å². The number of nitrogens with zero attached hydrogens (tertiary/aromatic N) is 2. The SMILES string of the molecule is CNC(=O)c1ccc(N)c(NC(=O)OCC2c3ccccc3-c3ccccc32)c1.CNC(=O)c1ccc(NC(=O)NCc2c3ccccc3c(CNC(=O)Nc3ccc(C(=O)NC)cc3NC(=O)OCC3c4ccccc4-c4ccccc43)c3ccccc23)c(NC(=O)OCC2c3ccccc3-c3ccccc32)c1.N#COCc1c2ccccc2c(CN=C=O)c2ccccc12. The van der Waals surface area contributed by atoms with Gasteiger partial charge < -0.3 is 61.9 Å². The van der Waals surface area contributed by atoms with Crippen molar-refractivity contribution in [3.05, 3.63) is 370 Å². The molecule has 0 spiro atoms. The maximum absolute atomic E-state index is 13.9. The first-order valence-electron chi connectivity index (χ1n) is 42.2. The lowest BCUT2D eigenvalue weighted by Gasteiger charge is -2.19. The standard InChI is InChI=1S/C64H54N8O8.C23H21N3O3.C18H12N2O2/c1-65-59(73)37-27-29-55(57(31-37)71-63(77)79-35-53-47-23-11-3-15-39(47)40-16-4-12-24-48(40)53)69-61(75)67-33-51-43-19-7-9-21-45(43)52(46-22-10-8-20-44(46)51)34-68-62(76)70-56-30-28-38(60(74)66-2)32-58(56)72-64(78)80-36-54-49-25-13-5-17-41(49)42-18-6-14-26-50(42)54;1-25-22(27)14-10-11-20(24)21(12-14)26-23(28)29-13-19-17-8-4-2-6-15(17)16-7-3-5-9-18(16)19;19-11-22-10-18-15-7-3-1-5-13(15)17(9-20-12-21)14-6-2-4-8-16(14)18/h3-32,53-54H,33-36H2,1-2H3,(H,65,73)(H,66,74)(H,71,77)(H,72,78)(H2,67,69,75)(H2,68,70,76);2-12,19H,13,24H2,1H3,(H,25,27)(H,26,28);1-8H,9-10H2. The van der Waals surface area contributed by atoms with Crippen molar-refractivity contribution in [2.24, 2.45) is 4.99 Å². The van der Waals surface area contributed by atoms with Crippen LogP contribution in [0.25, 0.3) is 76.5 Å². The van der Waals surface area contributed by atoms with Gasteiger partial charge in [0.15, 0.2) is 0 Å². The molecule has 0 heterocycles. The molecule has 650 valence electrons. The number of carbonyl (C=O) groups is 8. The van der Waals surface area contributed by atoms with Gasteiger partial charge in [0.25, 0.3) is 24.0 Å². The molecule has 15 aromatic rings. The van der Waals surface area contributed by atoms with Crippen LogP contribution in [0.4, 0.5) is 58.1 Å². The number of hydrogen-bond acceptors (Lipinski definition) is 16. The fourth-order valence-electron chi connectivity index (χ4n) is 17.5. The summed E-state index contributed by atoms with van der Waals surface area (Å²) in [5.74, 6) is -1.43. The van der Waals surface area contributed by atoms with Crippen molar-refractivity contribution in [3.8, 4) is 39.6 Å². The van der Waals surface area contributed by atoms with Gasteiger partial charge in [-0.05, 0) is 181 Å². The third-order valence-electron chi connectivity index (χ3n) is 23.5. The number of anilines is 6. The monoisotopic (exact) mass is 1740 g/mol. The molecule has 0 aromatic heterocycles. The van der Waals surface area contributed by atoms with E-state index in [1.165, 1.54) is 74.7 Å². The molecular weight excluding hydrogens is 1650 g/mol. The van der Waals surface area contributed by atoms with Gasteiger partial charge in [-0.25, -0.2) is 33.8 Å². The van der Waals surface area contributed by atoms with E-state index in [1.54, 1.807) is 24.5 Å². The summed E-state index contributed by atoms with van der Waals surface area (Å²) in [4.78, 5) is 119. The molecule has 15 aromatic carbocycles. The number of amides is 10. The van der Waals surface area contributed by atoms with Crippen LogP contribution in [0.3, 0.4) is 0 Å². The van der Waals surface area contributed by atoms with Gasteiger partial charge in [-0.15, -0.1) is 0 Å². The molecular formula is C105H87N13O13. The smallest absolute Gasteiger partial charge is 0.411 e. The van der Waals surface area contributed by atoms with Gasteiger partial charge in [0.1, 0.15) is 26.4 Å². The predicted octanol–water partition coefficient (Wildman–Crippen LogP) is 19.9. The molecule has 0 atom stereocenters. The number of rotatable bonds is 22. The fraction of sp³-hybridized carbons (Fsp3) is 0.124. The van der Waals surface area contributed by atoms with Gasteiger partial charge in [-0.2, -0.15) is 5.26 Å². The first kappa shape index (κ1) is 87.1. The highest BCUT2D eigenvalue weighted by Crippen LogP contribution is 2.48. The molecule has 3 aliphatic rings. The molecule has 18 rings (SSSR count). The fourth-order valence-corrected chi connectivity index (χ4v) is 17.5. The van der Waals surface area contributed by atoms with Crippen LogP contribution in [0.1, 0.15) is 104 Å². The van der Waals surface area contributed by atoms with Crippen molar-refractivity contribution in [2.45, 2.75) is 44.0 Å². The van der Waals surface area contributed by atoms with Crippen molar-refractivity contribution in [2.75, 3.05) is 73.3 Å². The van der Waals surface area contributed by atoms with Gasteiger partial charge in [0.05, 0.1) is 40.7 Å². The van der Waals surface area contributed by atoms with E-state index in [9.17, 15) is 43.2 Å². The number of benzene rings is 15. The molecule has 0 saturated heterocycles. The largest absolute Gasteiger partial charge is 0.448 e. The maximum atomic E-state index is 13.9. The van der Waals surface area contributed by atoms with Crippen LogP contribution < -0.4 is 58.9 Å². The number of fused-ring (bicyclic) bond motifs is 13. The Morgan fingerprint density at radius 2 is 0.611 bits per heavy atom. The Labute approximate surface area is 752 Å².